The summed E-state index contributed by atoms with van der Waals surface area (Å²) >= 11 is 0. The Morgan fingerprint density at radius 2 is 2.36 bits per heavy atom. The second kappa shape index (κ2) is 4.55. The summed E-state index contributed by atoms with van der Waals surface area (Å²) in [5, 5.41) is 8.53. The molecule has 0 radical (unpaired) electrons. The number of nitrogen functional groups attached to an aromatic ring is 1. The number of nitrogens with zero attached hydrogens (tertiary/aromatic N) is 2. The summed E-state index contributed by atoms with van der Waals surface area (Å²) in [4.78, 5) is 18.3. The SMILES string of the molecule is CCc1nc(N)ncc1CCC(=O)O. The highest BCUT2D eigenvalue weighted by Crippen LogP contribution is 2.09. The highest BCUT2D eigenvalue weighted by molar-refractivity contribution is 5.67. The number of carbonyl (C=O) groups is 1. The minimum atomic E-state index is -0.816. The van der Waals surface area contributed by atoms with Gasteiger partial charge >= 0.3 is 5.97 Å². The van der Waals surface area contributed by atoms with E-state index < -0.39 is 5.97 Å². The molecule has 0 aliphatic heterocycles. The lowest BCUT2D eigenvalue weighted by molar-refractivity contribution is -0.136. The summed E-state index contributed by atoms with van der Waals surface area (Å²) in [6.45, 7) is 1.95. The van der Waals surface area contributed by atoms with Crippen LogP contribution >= 0.6 is 0 Å². The number of carboxylic acid groups (broad SMARTS) is 1. The Morgan fingerprint density at radius 3 is 2.93 bits per heavy atom. The molecule has 0 bridgehead atoms. The third kappa shape index (κ3) is 2.69. The molecule has 1 rings (SSSR count). The van der Waals surface area contributed by atoms with Crippen LogP contribution in [0.4, 0.5) is 5.95 Å². The minimum Gasteiger partial charge on any atom is -0.481 e. The smallest absolute Gasteiger partial charge is 0.303 e. The second-order valence-electron chi connectivity index (χ2n) is 2.95. The van der Waals surface area contributed by atoms with Crippen LogP contribution in [0.1, 0.15) is 24.6 Å². The molecule has 0 saturated carbocycles. The lowest BCUT2D eigenvalue weighted by Crippen LogP contribution is -2.05. The molecule has 14 heavy (non-hydrogen) atoms. The maximum Gasteiger partial charge on any atom is 0.303 e. The lowest BCUT2D eigenvalue weighted by Gasteiger charge is -2.05. The molecule has 0 amide bonds. The standard InChI is InChI=1S/C9H13N3O2/c1-2-7-6(3-4-8(13)14)5-11-9(10)12-7/h5H,2-4H2,1H3,(H,13,14)(H2,10,11,12). The van der Waals surface area contributed by atoms with Gasteiger partial charge in [0.25, 0.3) is 0 Å². The Bertz CT molecular complexity index is 339. The lowest BCUT2D eigenvalue weighted by atomic mass is 10.1. The number of hydrogen-bond acceptors (Lipinski definition) is 4. The average molecular weight is 195 g/mol. The van der Waals surface area contributed by atoms with Crippen molar-refractivity contribution in [2.24, 2.45) is 0 Å². The number of rotatable bonds is 4. The number of aromatic nitrogens is 2. The van der Waals surface area contributed by atoms with Gasteiger partial charge in [0.15, 0.2) is 0 Å². The van der Waals surface area contributed by atoms with Crippen molar-refractivity contribution in [3.8, 4) is 0 Å². The van der Waals surface area contributed by atoms with Gasteiger partial charge in [0.1, 0.15) is 0 Å². The van der Waals surface area contributed by atoms with E-state index in [1.165, 1.54) is 0 Å². The van der Waals surface area contributed by atoms with Crippen molar-refractivity contribution < 1.29 is 9.90 Å². The molecule has 0 aliphatic rings. The Balaban J connectivity index is 2.80. The summed E-state index contributed by atoms with van der Waals surface area (Å²) in [7, 11) is 0. The molecule has 0 atom stereocenters. The Hall–Kier alpha value is -1.65. The second-order valence-corrected chi connectivity index (χ2v) is 2.95. The fraction of sp³-hybridized carbons (Fsp3) is 0.444. The fourth-order valence-electron chi connectivity index (χ4n) is 1.21. The van der Waals surface area contributed by atoms with Crippen molar-refractivity contribution in [2.75, 3.05) is 5.73 Å². The molecule has 0 saturated heterocycles. The van der Waals surface area contributed by atoms with Gasteiger partial charge in [-0.15, -0.1) is 0 Å². The summed E-state index contributed by atoms with van der Waals surface area (Å²) in [6.07, 6.45) is 2.89. The molecular weight excluding hydrogens is 182 g/mol. The molecule has 1 aromatic heterocycles. The van der Waals surface area contributed by atoms with Crippen LogP contribution in [0, 0.1) is 0 Å². The third-order valence-corrected chi connectivity index (χ3v) is 1.92. The van der Waals surface area contributed by atoms with Gasteiger partial charge in [-0.1, -0.05) is 6.92 Å². The van der Waals surface area contributed by atoms with Crippen molar-refractivity contribution in [2.45, 2.75) is 26.2 Å². The number of hydrogen-bond donors (Lipinski definition) is 2. The first-order valence-corrected chi connectivity index (χ1v) is 4.45. The zero-order valence-electron chi connectivity index (χ0n) is 8.03. The predicted octanol–water partition coefficient (Wildman–Crippen LogP) is 0.638. The molecule has 3 N–H and O–H groups in total. The largest absolute Gasteiger partial charge is 0.481 e. The monoisotopic (exact) mass is 195 g/mol. The zero-order valence-corrected chi connectivity index (χ0v) is 8.03. The fourth-order valence-corrected chi connectivity index (χ4v) is 1.21. The molecule has 0 spiro atoms. The normalized spacial score (nSPS) is 10.1. The van der Waals surface area contributed by atoms with Crippen molar-refractivity contribution in [1.82, 2.24) is 9.97 Å². The van der Waals surface area contributed by atoms with Crippen LogP contribution < -0.4 is 5.73 Å². The Morgan fingerprint density at radius 1 is 1.64 bits per heavy atom. The van der Waals surface area contributed by atoms with Crippen molar-refractivity contribution >= 4 is 11.9 Å². The molecule has 0 aliphatic carbocycles. The van der Waals surface area contributed by atoms with Gasteiger partial charge in [-0.05, 0) is 18.4 Å². The van der Waals surface area contributed by atoms with Crippen LogP contribution in [0.25, 0.3) is 0 Å². The van der Waals surface area contributed by atoms with E-state index in [1.807, 2.05) is 6.92 Å². The molecule has 0 aromatic carbocycles. The number of aliphatic carboxylic acids is 1. The van der Waals surface area contributed by atoms with Crippen LogP contribution in [-0.4, -0.2) is 21.0 Å². The molecular formula is C9H13N3O2. The van der Waals surface area contributed by atoms with E-state index in [-0.39, 0.29) is 12.4 Å². The number of nitrogens with two attached hydrogens (primary N) is 1. The summed E-state index contributed by atoms with van der Waals surface area (Å²) < 4.78 is 0. The van der Waals surface area contributed by atoms with Crippen LogP contribution in [0.3, 0.4) is 0 Å². The van der Waals surface area contributed by atoms with Gasteiger partial charge in [-0.2, -0.15) is 0 Å². The average Bonchev–Trinajstić information content (AvgIpc) is 2.15. The first-order chi connectivity index (χ1) is 6.63. The maximum absolute atomic E-state index is 10.4. The van der Waals surface area contributed by atoms with Crippen LogP contribution in [0.5, 0.6) is 0 Å². The zero-order chi connectivity index (χ0) is 10.6. The van der Waals surface area contributed by atoms with Crippen LogP contribution in [0.2, 0.25) is 0 Å². The van der Waals surface area contributed by atoms with Crippen LogP contribution in [0.15, 0.2) is 6.20 Å². The molecule has 1 heterocycles. The van der Waals surface area contributed by atoms with E-state index in [4.69, 9.17) is 10.8 Å². The molecule has 0 fully saturated rings. The molecule has 5 heteroatoms. The van der Waals surface area contributed by atoms with Gasteiger partial charge in [0.05, 0.1) is 0 Å². The van der Waals surface area contributed by atoms with Gasteiger partial charge in [-0.25, -0.2) is 9.97 Å². The predicted molar refractivity (Wildman–Crippen MR) is 51.8 cm³/mol. The molecule has 76 valence electrons. The third-order valence-electron chi connectivity index (χ3n) is 1.92. The van der Waals surface area contributed by atoms with Gasteiger partial charge in [0, 0.05) is 18.3 Å². The highest BCUT2D eigenvalue weighted by atomic mass is 16.4. The van der Waals surface area contributed by atoms with E-state index in [1.54, 1.807) is 6.20 Å². The number of aryl methyl sites for hydroxylation is 2. The van der Waals surface area contributed by atoms with Crippen LogP contribution in [-0.2, 0) is 17.6 Å². The summed E-state index contributed by atoms with van der Waals surface area (Å²) in [5.74, 6) is -0.579. The Labute approximate surface area is 82.0 Å². The molecule has 5 nitrogen and oxygen atoms in total. The van der Waals surface area contributed by atoms with Gasteiger partial charge in [0.2, 0.25) is 5.95 Å². The van der Waals surface area contributed by atoms with E-state index in [0.29, 0.717) is 6.42 Å². The molecule has 0 unspecified atom stereocenters. The number of anilines is 1. The highest BCUT2D eigenvalue weighted by Gasteiger charge is 2.06. The molecule has 1 aromatic rings. The van der Waals surface area contributed by atoms with Crippen molar-refractivity contribution in [3.63, 3.8) is 0 Å². The summed E-state index contributed by atoms with van der Waals surface area (Å²) in [5.41, 5.74) is 7.12. The van der Waals surface area contributed by atoms with E-state index >= 15 is 0 Å². The first kappa shape index (κ1) is 10.4. The topological polar surface area (TPSA) is 89.1 Å². The van der Waals surface area contributed by atoms with E-state index in [0.717, 1.165) is 17.7 Å². The van der Waals surface area contributed by atoms with E-state index in [9.17, 15) is 4.79 Å². The van der Waals surface area contributed by atoms with Gasteiger partial charge in [-0.3, -0.25) is 4.79 Å². The van der Waals surface area contributed by atoms with E-state index in [2.05, 4.69) is 9.97 Å². The Kier molecular flexibility index (Phi) is 3.39. The number of carboxylic acids is 1. The van der Waals surface area contributed by atoms with Crippen molar-refractivity contribution in [1.29, 1.82) is 0 Å². The first-order valence-electron chi connectivity index (χ1n) is 4.45. The van der Waals surface area contributed by atoms with Crippen molar-refractivity contribution in [3.05, 3.63) is 17.5 Å². The summed E-state index contributed by atoms with van der Waals surface area (Å²) in [6, 6.07) is 0. The van der Waals surface area contributed by atoms with Gasteiger partial charge < -0.3 is 10.8 Å². The maximum atomic E-state index is 10.4. The minimum absolute atomic E-state index is 0.0975. The quantitative estimate of drug-likeness (QED) is 0.735.